The van der Waals surface area contributed by atoms with Crippen LogP contribution in [0.3, 0.4) is 0 Å². The van der Waals surface area contributed by atoms with Gasteiger partial charge in [0.1, 0.15) is 6.61 Å². The minimum atomic E-state index is -2.48. The summed E-state index contributed by atoms with van der Waals surface area (Å²) >= 11 is 3.46. The summed E-state index contributed by atoms with van der Waals surface area (Å²) in [5.74, 6) is -0.156. The summed E-state index contributed by atoms with van der Waals surface area (Å²) < 4.78 is 28.2. The zero-order chi connectivity index (χ0) is 14.0. The lowest BCUT2D eigenvalue weighted by Gasteiger charge is -2.29. The fourth-order valence-corrected chi connectivity index (χ4v) is 2.44. The zero-order valence-corrected chi connectivity index (χ0v) is 12.6. The molecule has 0 aliphatic heterocycles. The molecule has 0 radical (unpaired) electrons. The summed E-state index contributed by atoms with van der Waals surface area (Å²) in [7, 11) is 0. The molecule has 0 rings (SSSR count). The molecule has 0 atom stereocenters. The summed E-state index contributed by atoms with van der Waals surface area (Å²) in [5, 5.41) is 3.66. The summed E-state index contributed by atoms with van der Waals surface area (Å²) in [6, 6.07) is 0. The average Bonchev–Trinajstić information content (AvgIpc) is 2.37. The van der Waals surface area contributed by atoms with Gasteiger partial charge in [-0.05, 0) is 18.3 Å². The SMILES string of the molecule is CCC(CC)(CBr)CNC(=O)CCOCC(F)F. The third kappa shape index (κ3) is 7.26. The Morgan fingerprint density at radius 3 is 2.44 bits per heavy atom. The van der Waals surface area contributed by atoms with Crippen molar-refractivity contribution in [1.82, 2.24) is 5.32 Å². The van der Waals surface area contributed by atoms with Gasteiger partial charge in [0.05, 0.1) is 6.61 Å². The van der Waals surface area contributed by atoms with Crippen molar-refractivity contribution in [3.63, 3.8) is 0 Å². The minimum Gasteiger partial charge on any atom is -0.375 e. The van der Waals surface area contributed by atoms with Gasteiger partial charge in [-0.15, -0.1) is 0 Å². The number of hydrogen-bond acceptors (Lipinski definition) is 2. The van der Waals surface area contributed by atoms with Crippen molar-refractivity contribution in [3.8, 4) is 0 Å². The number of nitrogens with one attached hydrogen (secondary N) is 1. The van der Waals surface area contributed by atoms with E-state index in [1.54, 1.807) is 0 Å². The molecule has 0 aliphatic rings. The van der Waals surface area contributed by atoms with Crippen molar-refractivity contribution in [1.29, 1.82) is 0 Å². The van der Waals surface area contributed by atoms with Crippen molar-refractivity contribution in [2.45, 2.75) is 39.5 Å². The number of alkyl halides is 3. The molecule has 0 aromatic heterocycles. The fraction of sp³-hybridized carbons (Fsp3) is 0.917. The molecule has 18 heavy (non-hydrogen) atoms. The van der Waals surface area contributed by atoms with Gasteiger partial charge in [-0.3, -0.25) is 4.79 Å². The van der Waals surface area contributed by atoms with Crippen molar-refractivity contribution < 1.29 is 18.3 Å². The van der Waals surface area contributed by atoms with E-state index in [0.29, 0.717) is 6.54 Å². The lowest BCUT2D eigenvalue weighted by atomic mass is 9.84. The molecule has 0 heterocycles. The Kier molecular flexibility index (Phi) is 9.54. The van der Waals surface area contributed by atoms with Gasteiger partial charge in [0, 0.05) is 18.3 Å². The van der Waals surface area contributed by atoms with E-state index in [2.05, 4.69) is 39.8 Å². The smallest absolute Gasteiger partial charge is 0.261 e. The van der Waals surface area contributed by atoms with Crippen LogP contribution in [0.15, 0.2) is 0 Å². The second kappa shape index (κ2) is 9.67. The molecule has 0 aromatic carbocycles. The summed E-state index contributed by atoms with van der Waals surface area (Å²) in [5.41, 5.74) is 0.0689. The molecular weight excluding hydrogens is 308 g/mol. The maximum absolute atomic E-state index is 11.8. The van der Waals surface area contributed by atoms with Gasteiger partial charge in [-0.1, -0.05) is 29.8 Å². The molecular formula is C12H22BrF2NO2. The molecule has 0 fully saturated rings. The third-order valence-corrected chi connectivity index (χ3v) is 4.35. The van der Waals surface area contributed by atoms with E-state index in [4.69, 9.17) is 0 Å². The van der Waals surface area contributed by atoms with Crippen LogP contribution in [0.25, 0.3) is 0 Å². The Bertz CT molecular complexity index is 228. The molecule has 0 aliphatic carbocycles. The van der Waals surface area contributed by atoms with Crippen molar-refractivity contribution >= 4 is 21.8 Å². The zero-order valence-electron chi connectivity index (χ0n) is 11.0. The first-order valence-electron chi connectivity index (χ1n) is 6.18. The molecule has 0 unspecified atom stereocenters. The van der Waals surface area contributed by atoms with E-state index in [9.17, 15) is 13.6 Å². The van der Waals surface area contributed by atoms with Gasteiger partial charge in [-0.2, -0.15) is 0 Å². The van der Waals surface area contributed by atoms with Crippen LogP contribution in [0.1, 0.15) is 33.1 Å². The number of carbonyl (C=O) groups is 1. The van der Waals surface area contributed by atoms with E-state index in [-0.39, 0.29) is 24.3 Å². The van der Waals surface area contributed by atoms with E-state index in [1.165, 1.54) is 0 Å². The molecule has 3 nitrogen and oxygen atoms in total. The number of rotatable bonds is 10. The van der Waals surface area contributed by atoms with Crippen molar-refractivity contribution in [2.24, 2.45) is 5.41 Å². The molecule has 1 amide bonds. The summed E-state index contributed by atoms with van der Waals surface area (Å²) in [6.07, 6.45) is -0.416. The van der Waals surface area contributed by atoms with Crippen LogP contribution in [0, 0.1) is 5.41 Å². The van der Waals surface area contributed by atoms with Crippen molar-refractivity contribution in [3.05, 3.63) is 0 Å². The highest BCUT2D eigenvalue weighted by molar-refractivity contribution is 9.09. The average molecular weight is 330 g/mol. The maximum atomic E-state index is 11.8. The Hall–Kier alpha value is -0.230. The lowest BCUT2D eigenvalue weighted by molar-refractivity contribution is -0.123. The van der Waals surface area contributed by atoms with Crippen LogP contribution in [-0.4, -0.2) is 37.4 Å². The summed E-state index contributed by atoms with van der Waals surface area (Å²) in [6.45, 7) is 4.20. The van der Waals surface area contributed by atoms with Gasteiger partial charge < -0.3 is 10.1 Å². The van der Waals surface area contributed by atoms with E-state index < -0.39 is 13.0 Å². The highest BCUT2D eigenvalue weighted by atomic mass is 79.9. The Balaban J connectivity index is 3.81. The number of carbonyl (C=O) groups excluding carboxylic acids is 1. The predicted molar refractivity (Wildman–Crippen MR) is 71.3 cm³/mol. The van der Waals surface area contributed by atoms with Crippen LogP contribution in [-0.2, 0) is 9.53 Å². The number of halogens is 3. The molecule has 0 bridgehead atoms. The maximum Gasteiger partial charge on any atom is 0.261 e. The normalized spacial score (nSPS) is 11.9. The number of ether oxygens (including phenoxy) is 1. The first kappa shape index (κ1) is 17.8. The minimum absolute atomic E-state index is 0.0374. The Labute approximate surface area is 116 Å². The van der Waals surface area contributed by atoms with Crippen LogP contribution in [0.2, 0.25) is 0 Å². The summed E-state index contributed by atoms with van der Waals surface area (Å²) in [4.78, 5) is 11.5. The predicted octanol–water partition coefficient (Wildman–Crippen LogP) is 2.98. The van der Waals surface area contributed by atoms with Gasteiger partial charge in [-0.25, -0.2) is 8.78 Å². The van der Waals surface area contributed by atoms with Crippen LogP contribution < -0.4 is 5.32 Å². The fourth-order valence-electron chi connectivity index (χ4n) is 1.45. The molecule has 108 valence electrons. The molecule has 0 spiro atoms. The monoisotopic (exact) mass is 329 g/mol. The Morgan fingerprint density at radius 1 is 1.39 bits per heavy atom. The first-order chi connectivity index (χ1) is 8.49. The molecule has 1 N–H and O–H groups in total. The highest BCUT2D eigenvalue weighted by Gasteiger charge is 2.25. The van der Waals surface area contributed by atoms with Gasteiger partial charge in [0.2, 0.25) is 5.91 Å². The molecule has 0 aromatic rings. The number of amides is 1. The Morgan fingerprint density at radius 2 is 2.00 bits per heavy atom. The van der Waals surface area contributed by atoms with Crippen molar-refractivity contribution in [2.75, 3.05) is 25.1 Å². The van der Waals surface area contributed by atoms with E-state index >= 15 is 0 Å². The second-order valence-electron chi connectivity index (χ2n) is 4.33. The molecule has 0 saturated heterocycles. The van der Waals surface area contributed by atoms with Crippen LogP contribution in [0.4, 0.5) is 8.78 Å². The quantitative estimate of drug-likeness (QED) is 0.494. The second-order valence-corrected chi connectivity index (χ2v) is 4.89. The van der Waals surface area contributed by atoms with Crippen LogP contribution >= 0.6 is 15.9 Å². The van der Waals surface area contributed by atoms with Gasteiger partial charge in [0.25, 0.3) is 6.43 Å². The largest absolute Gasteiger partial charge is 0.375 e. The lowest BCUT2D eigenvalue weighted by Crippen LogP contribution is -2.38. The number of hydrogen-bond donors (Lipinski definition) is 1. The van der Waals surface area contributed by atoms with Gasteiger partial charge >= 0.3 is 0 Å². The standard InChI is InChI=1S/C12H22BrF2NO2/c1-3-12(4-2,8-13)9-16-11(17)5-6-18-7-10(14)15/h10H,3-9H2,1-2H3,(H,16,17). The topological polar surface area (TPSA) is 38.3 Å². The van der Waals surface area contributed by atoms with E-state index in [0.717, 1.165) is 18.2 Å². The molecule has 0 saturated carbocycles. The highest BCUT2D eigenvalue weighted by Crippen LogP contribution is 2.27. The van der Waals surface area contributed by atoms with Crippen LogP contribution in [0.5, 0.6) is 0 Å². The van der Waals surface area contributed by atoms with E-state index in [1.807, 2.05) is 0 Å². The first-order valence-corrected chi connectivity index (χ1v) is 7.30. The third-order valence-electron chi connectivity index (χ3n) is 3.16. The van der Waals surface area contributed by atoms with Gasteiger partial charge in [0.15, 0.2) is 0 Å². The molecule has 6 heteroatoms.